The summed E-state index contributed by atoms with van der Waals surface area (Å²) in [5, 5.41) is 10.2. The van der Waals surface area contributed by atoms with Crippen LogP contribution in [0, 0.1) is 0 Å². The summed E-state index contributed by atoms with van der Waals surface area (Å²) in [5.74, 6) is 1.94. The molecule has 0 heterocycles. The Kier molecular flexibility index (Phi) is 7.63. The second kappa shape index (κ2) is 10.8. The molecule has 0 amide bonds. The molecule has 166 valence electrons. The highest BCUT2D eigenvalue weighted by Gasteiger charge is 2.18. The third-order valence-corrected chi connectivity index (χ3v) is 6.97. The van der Waals surface area contributed by atoms with Crippen LogP contribution in [0.2, 0.25) is 0 Å². The van der Waals surface area contributed by atoms with Gasteiger partial charge >= 0.3 is 0 Å². The van der Waals surface area contributed by atoms with Gasteiger partial charge in [0.1, 0.15) is 11.5 Å². The van der Waals surface area contributed by atoms with Crippen LogP contribution in [0.15, 0.2) is 36.4 Å². The molecule has 0 bridgehead atoms. The van der Waals surface area contributed by atoms with Gasteiger partial charge in [0.15, 0.2) is 13.1 Å². The third kappa shape index (κ3) is 5.68. The minimum absolute atomic E-state index is 0.0384. The number of hydrogen-bond acceptors (Lipinski definition) is 4. The Balaban J connectivity index is 1.32. The van der Waals surface area contributed by atoms with E-state index in [0.29, 0.717) is 23.1 Å². The van der Waals surface area contributed by atoms with E-state index in [-0.39, 0.29) is 19.1 Å². The summed E-state index contributed by atoms with van der Waals surface area (Å²) in [6, 6.07) is 11.8. The maximum absolute atomic E-state index is 11.6. The number of aromatic hydroxyl groups is 1. The number of ether oxygens (including phenoxy) is 2. The molecule has 0 aliphatic heterocycles. The number of phenolic OH excluding ortho intramolecular Hbond substituents is 1. The van der Waals surface area contributed by atoms with Crippen LogP contribution in [-0.2, 0) is 11.3 Å². The van der Waals surface area contributed by atoms with Crippen LogP contribution >= 0.6 is 0 Å². The summed E-state index contributed by atoms with van der Waals surface area (Å²) in [6.45, 7) is 0.319. The maximum atomic E-state index is 11.6. The van der Waals surface area contributed by atoms with Gasteiger partial charge in [0, 0.05) is 5.56 Å². The summed E-state index contributed by atoms with van der Waals surface area (Å²) < 4.78 is 11.4. The molecular weight excluding hydrogens is 388 g/mol. The lowest BCUT2D eigenvalue weighted by molar-refractivity contribution is 0.00408. The molecule has 0 spiro atoms. The van der Waals surface area contributed by atoms with Crippen molar-refractivity contribution in [3.05, 3.63) is 58.7 Å². The molecule has 0 atom stereocenters. The van der Waals surface area contributed by atoms with E-state index >= 15 is 0 Å². The molecule has 4 heteroatoms. The topological polar surface area (TPSA) is 55.8 Å². The van der Waals surface area contributed by atoms with Gasteiger partial charge in [-0.15, -0.1) is 0 Å². The molecule has 31 heavy (non-hydrogen) atoms. The van der Waals surface area contributed by atoms with Gasteiger partial charge in [-0.3, -0.25) is 4.79 Å². The lowest BCUT2D eigenvalue weighted by atomic mass is 9.83. The molecule has 0 radical (unpaired) electrons. The van der Waals surface area contributed by atoms with E-state index < -0.39 is 0 Å². The van der Waals surface area contributed by atoms with Crippen molar-refractivity contribution in [3.63, 3.8) is 0 Å². The zero-order valence-electron chi connectivity index (χ0n) is 18.4. The van der Waals surface area contributed by atoms with Crippen LogP contribution in [0.1, 0.15) is 103 Å². The Morgan fingerprint density at radius 2 is 1.45 bits per heavy atom. The number of phenols is 1. The number of rotatable bonds is 8. The Morgan fingerprint density at radius 3 is 2.10 bits per heavy atom. The van der Waals surface area contributed by atoms with Crippen LogP contribution in [0.25, 0.3) is 0 Å². The second-order valence-electron chi connectivity index (χ2n) is 9.08. The zero-order chi connectivity index (χ0) is 21.5. The first-order valence-electron chi connectivity index (χ1n) is 11.9. The molecule has 0 aromatic heterocycles. The van der Waals surface area contributed by atoms with Gasteiger partial charge in [-0.1, -0.05) is 50.7 Å². The van der Waals surface area contributed by atoms with E-state index in [1.165, 1.54) is 75.3 Å². The van der Waals surface area contributed by atoms with E-state index in [9.17, 15) is 9.90 Å². The van der Waals surface area contributed by atoms with Gasteiger partial charge in [-0.05, 0) is 72.9 Å². The van der Waals surface area contributed by atoms with Crippen molar-refractivity contribution in [2.45, 2.75) is 82.7 Å². The van der Waals surface area contributed by atoms with Crippen molar-refractivity contribution >= 4 is 6.29 Å². The number of carbonyl (C=O) groups is 1. The fraction of sp³-hybridized carbons (Fsp3) is 0.519. The standard InChI is InChI=1S/C27H34O4/c28-17-24-15-23(21-9-5-2-6-10-21)12-14-27(24)31-19-30-18-25-16-22(11-13-26(25)29)20-7-3-1-4-8-20/h11-17,20-21,29H,1-10,18-19H2. The first-order chi connectivity index (χ1) is 15.2. The van der Waals surface area contributed by atoms with Crippen molar-refractivity contribution in [2.24, 2.45) is 0 Å². The lowest BCUT2D eigenvalue weighted by Crippen LogP contribution is -2.08. The van der Waals surface area contributed by atoms with Gasteiger partial charge in [-0.25, -0.2) is 0 Å². The van der Waals surface area contributed by atoms with Gasteiger partial charge in [0.2, 0.25) is 0 Å². The van der Waals surface area contributed by atoms with Gasteiger partial charge in [0.25, 0.3) is 0 Å². The molecule has 2 aromatic carbocycles. The van der Waals surface area contributed by atoms with Crippen molar-refractivity contribution in [1.82, 2.24) is 0 Å². The van der Waals surface area contributed by atoms with Gasteiger partial charge < -0.3 is 14.6 Å². The summed E-state index contributed by atoms with van der Waals surface area (Å²) in [4.78, 5) is 11.6. The van der Waals surface area contributed by atoms with Crippen LogP contribution in [0.4, 0.5) is 0 Å². The SMILES string of the molecule is O=Cc1cc(C2CCCCC2)ccc1OCOCc1cc(C2CCCCC2)ccc1O. The van der Waals surface area contributed by atoms with E-state index in [0.717, 1.165) is 11.8 Å². The summed E-state index contributed by atoms with van der Waals surface area (Å²) in [6.07, 6.45) is 13.4. The van der Waals surface area contributed by atoms with Crippen molar-refractivity contribution in [2.75, 3.05) is 6.79 Å². The number of aldehydes is 1. The molecule has 2 aromatic rings. The van der Waals surface area contributed by atoms with Crippen LogP contribution in [0.5, 0.6) is 11.5 Å². The molecule has 2 fully saturated rings. The highest BCUT2D eigenvalue weighted by molar-refractivity contribution is 5.79. The molecule has 0 saturated heterocycles. The first kappa shape index (κ1) is 21.9. The van der Waals surface area contributed by atoms with Crippen molar-refractivity contribution in [1.29, 1.82) is 0 Å². The predicted octanol–water partition coefficient (Wildman–Crippen LogP) is 6.85. The van der Waals surface area contributed by atoms with Crippen LogP contribution < -0.4 is 4.74 Å². The summed E-state index contributed by atoms with van der Waals surface area (Å²) in [7, 11) is 0. The highest BCUT2D eigenvalue weighted by Crippen LogP contribution is 2.35. The number of hydrogen-bond donors (Lipinski definition) is 1. The molecule has 4 nitrogen and oxygen atoms in total. The van der Waals surface area contributed by atoms with E-state index in [1.807, 2.05) is 18.2 Å². The molecular formula is C27H34O4. The van der Waals surface area contributed by atoms with E-state index in [2.05, 4.69) is 12.1 Å². The molecule has 2 saturated carbocycles. The largest absolute Gasteiger partial charge is 0.508 e. The van der Waals surface area contributed by atoms with Gasteiger partial charge in [-0.2, -0.15) is 0 Å². The molecule has 4 rings (SSSR count). The fourth-order valence-corrected chi connectivity index (χ4v) is 5.15. The van der Waals surface area contributed by atoms with Crippen molar-refractivity contribution < 1.29 is 19.4 Å². The second-order valence-corrected chi connectivity index (χ2v) is 9.08. The zero-order valence-corrected chi connectivity index (χ0v) is 18.4. The Hall–Kier alpha value is -2.33. The lowest BCUT2D eigenvalue weighted by Gasteiger charge is -2.23. The smallest absolute Gasteiger partial charge is 0.189 e. The Labute approximate surface area is 185 Å². The van der Waals surface area contributed by atoms with E-state index in [1.54, 1.807) is 6.07 Å². The third-order valence-electron chi connectivity index (χ3n) is 6.97. The highest BCUT2D eigenvalue weighted by atomic mass is 16.7. The summed E-state index contributed by atoms with van der Waals surface area (Å²) in [5.41, 5.74) is 3.89. The monoisotopic (exact) mass is 422 g/mol. The Morgan fingerprint density at radius 1 is 0.839 bits per heavy atom. The Bertz CT molecular complexity index is 864. The maximum Gasteiger partial charge on any atom is 0.189 e. The first-order valence-corrected chi connectivity index (χ1v) is 11.9. The molecule has 0 unspecified atom stereocenters. The average Bonchev–Trinajstić information content (AvgIpc) is 2.84. The van der Waals surface area contributed by atoms with Gasteiger partial charge in [0.05, 0.1) is 12.2 Å². The van der Waals surface area contributed by atoms with Crippen molar-refractivity contribution in [3.8, 4) is 11.5 Å². The molecule has 2 aliphatic carbocycles. The number of carbonyl (C=O) groups excluding carboxylic acids is 1. The van der Waals surface area contributed by atoms with Crippen LogP contribution in [-0.4, -0.2) is 18.2 Å². The predicted molar refractivity (Wildman–Crippen MR) is 122 cm³/mol. The van der Waals surface area contributed by atoms with E-state index in [4.69, 9.17) is 9.47 Å². The summed E-state index contributed by atoms with van der Waals surface area (Å²) >= 11 is 0. The minimum atomic E-state index is 0.0384. The molecule has 2 aliphatic rings. The normalized spacial score (nSPS) is 18.1. The van der Waals surface area contributed by atoms with Crippen LogP contribution in [0.3, 0.4) is 0 Å². The fourth-order valence-electron chi connectivity index (χ4n) is 5.15. The molecule has 1 N–H and O–H groups in total. The minimum Gasteiger partial charge on any atom is -0.508 e. The average molecular weight is 423 g/mol. The quantitative estimate of drug-likeness (QED) is 0.287. The number of benzene rings is 2.